The lowest BCUT2D eigenvalue weighted by atomic mass is 10.1. The van der Waals surface area contributed by atoms with E-state index in [9.17, 15) is 14.4 Å². The van der Waals surface area contributed by atoms with Crippen LogP contribution in [0.4, 0.5) is 10.8 Å². The SMILES string of the molecule is COc1ccc(C(=O)Nc2nc(C)c(C(=O)N/N=C3/S/C(=C/c4ccc(C)cc4)C(=O)N3c3ccccc3)s2)cc1. The highest BCUT2D eigenvalue weighted by Gasteiger charge is 2.35. The molecule has 0 radical (unpaired) electrons. The van der Waals surface area contributed by atoms with Crippen molar-refractivity contribution in [2.45, 2.75) is 13.8 Å². The molecule has 9 nitrogen and oxygen atoms in total. The van der Waals surface area contributed by atoms with Crippen molar-refractivity contribution < 1.29 is 19.1 Å². The highest BCUT2D eigenvalue weighted by Crippen LogP contribution is 2.36. The Bertz CT molecular complexity index is 1660. The van der Waals surface area contributed by atoms with E-state index in [1.54, 1.807) is 56.5 Å². The maximum atomic E-state index is 13.4. The summed E-state index contributed by atoms with van der Waals surface area (Å²) >= 11 is 2.20. The zero-order valence-corrected chi connectivity index (χ0v) is 24.0. The van der Waals surface area contributed by atoms with E-state index in [0.29, 0.717) is 32.8 Å². The lowest BCUT2D eigenvalue weighted by molar-refractivity contribution is -0.113. The lowest BCUT2D eigenvalue weighted by Gasteiger charge is -2.15. The molecule has 4 aromatic rings. The van der Waals surface area contributed by atoms with Crippen LogP contribution in [0.15, 0.2) is 88.9 Å². The third-order valence-electron chi connectivity index (χ3n) is 6.02. The second kappa shape index (κ2) is 12.2. The summed E-state index contributed by atoms with van der Waals surface area (Å²) in [6.45, 7) is 3.67. The van der Waals surface area contributed by atoms with E-state index in [1.807, 2.05) is 49.4 Å². The van der Waals surface area contributed by atoms with Crippen LogP contribution in [-0.4, -0.2) is 35.0 Å². The van der Waals surface area contributed by atoms with Crippen LogP contribution in [0, 0.1) is 13.8 Å². The maximum Gasteiger partial charge on any atom is 0.283 e. The van der Waals surface area contributed by atoms with Gasteiger partial charge in [0.1, 0.15) is 10.6 Å². The first-order valence-corrected chi connectivity index (χ1v) is 14.1. The Hall–Kier alpha value is -4.74. The first kappa shape index (κ1) is 27.8. The van der Waals surface area contributed by atoms with Crippen LogP contribution in [0.5, 0.6) is 5.75 Å². The van der Waals surface area contributed by atoms with Crippen molar-refractivity contribution >= 4 is 62.9 Å². The number of amides is 3. The van der Waals surface area contributed by atoms with Gasteiger partial charge >= 0.3 is 0 Å². The number of ether oxygens (including phenoxy) is 1. The van der Waals surface area contributed by atoms with E-state index in [2.05, 4.69) is 20.8 Å². The van der Waals surface area contributed by atoms with Gasteiger partial charge in [0.05, 0.1) is 23.4 Å². The van der Waals surface area contributed by atoms with Gasteiger partial charge in [0, 0.05) is 5.56 Å². The zero-order chi connectivity index (χ0) is 28.9. The van der Waals surface area contributed by atoms with Crippen LogP contribution in [0.2, 0.25) is 0 Å². The molecule has 0 saturated carbocycles. The zero-order valence-electron chi connectivity index (χ0n) is 22.4. The van der Waals surface area contributed by atoms with Crippen LogP contribution in [0.1, 0.15) is 36.9 Å². The summed E-state index contributed by atoms with van der Waals surface area (Å²) < 4.78 is 5.12. The quantitative estimate of drug-likeness (QED) is 0.209. The number of hydrogen-bond acceptors (Lipinski definition) is 8. The number of aromatic nitrogens is 1. The lowest BCUT2D eigenvalue weighted by Crippen LogP contribution is -2.31. The van der Waals surface area contributed by atoms with Crippen LogP contribution >= 0.6 is 23.1 Å². The van der Waals surface area contributed by atoms with Crippen molar-refractivity contribution in [3.05, 3.63) is 111 Å². The van der Waals surface area contributed by atoms with Crippen molar-refractivity contribution in [1.82, 2.24) is 10.4 Å². The number of benzene rings is 3. The summed E-state index contributed by atoms with van der Waals surface area (Å²) in [6.07, 6.45) is 1.80. The molecule has 0 aliphatic carbocycles. The number of para-hydroxylation sites is 1. The number of amidine groups is 1. The van der Waals surface area contributed by atoms with E-state index in [-0.39, 0.29) is 21.8 Å². The maximum absolute atomic E-state index is 13.4. The number of rotatable bonds is 7. The monoisotopic (exact) mass is 583 g/mol. The van der Waals surface area contributed by atoms with Crippen LogP contribution < -0.4 is 20.4 Å². The van der Waals surface area contributed by atoms with Gasteiger partial charge in [-0.05, 0) is 73.6 Å². The number of thiazole rings is 1. The molecule has 1 saturated heterocycles. The second-order valence-electron chi connectivity index (χ2n) is 8.95. The molecule has 2 heterocycles. The Morgan fingerprint density at radius 2 is 1.66 bits per heavy atom. The van der Waals surface area contributed by atoms with Gasteiger partial charge in [-0.25, -0.2) is 10.4 Å². The number of hydrazone groups is 1. The number of carbonyl (C=O) groups is 3. The molecule has 5 rings (SSSR count). The van der Waals surface area contributed by atoms with Gasteiger partial charge in [-0.15, -0.1) is 5.10 Å². The fraction of sp³-hybridized carbons (Fsp3) is 0.100. The molecule has 11 heteroatoms. The van der Waals surface area contributed by atoms with Gasteiger partial charge in [-0.1, -0.05) is 59.4 Å². The minimum atomic E-state index is -0.505. The number of carbonyl (C=O) groups excluding carboxylic acids is 3. The average Bonchev–Trinajstić information content (AvgIpc) is 3.51. The van der Waals surface area contributed by atoms with Crippen molar-refractivity contribution in [2.75, 3.05) is 17.3 Å². The normalized spacial score (nSPS) is 14.9. The molecular weight excluding hydrogens is 558 g/mol. The standard InChI is InChI=1S/C30H25N5O4S2/c1-18-9-11-20(12-10-18)17-24-28(38)35(22-7-5-4-6-8-22)30(40-24)34-33-27(37)25-19(2)31-29(41-25)32-26(36)21-13-15-23(39-3)16-14-21/h4-17H,1-3H3,(H,33,37)(H,31,32,36)/b24-17+,34-30+. The largest absolute Gasteiger partial charge is 0.497 e. The van der Waals surface area contributed by atoms with Crippen LogP contribution in [-0.2, 0) is 4.79 Å². The molecule has 0 unspecified atom stereocenters. The van der Waals surface area contributed by atoms with Crippen molar-refractivity contribution in [1.29, 1.82) is 0 Å². The molecule has 1 aromatic heterocycles. The van der Waals surface area contributed by atoms with Gasteiger partial charge in [0.2, 0.25) is 0 Å². The molecule has 1 aliphatic heterocycles. The predicted molar refractivity (Wildman–Crippen MR) is 163 cm³/mol. The molecule has 41 heavy (non-hydrogen) atoms. The molecule has 0 spiro atoms. The van der Waals surface area contributed by atoms with Gasteiger partial charge in [0.25, 0.3) is 17.7 Å². The molecule has 0 bridgehead atoms. The third kappa shape index (κ3) is 6.37. The average molecular weight is 584 g/mol. The third-order valence-corrected chi connectivity index (χ3v) is 8.06. The summed E-state index contributed by atoms with van der Waals surface area (Å²) in [4.78, 5) is 45.7. The molecule has 3 aromatic carbocycles. The summed E-state index contributed by atoms with van der Waals surface area (Å²) in [5, 5.41) is 7.62. The second-order valence-corrected chi connectivity index (χ2v) is 11.0. The molecular formula is C30H25N5O4S2. The van der Waals surface area contributed by atoms with E-state index in [1.165, 1.54) is 16.7 Å². The molecule has 206 valence electrons. The molecule has 3 amide bonds. The van der Waals surface area contributed by atoms with Crippen LogP contribution in [0.25, 0.3) is 6.08 Å². The van der Waals surface area contributed by atoms with E-state index < -0.39 is 5.91 Å². The van der Waals surface area contributed by atoms with Crippen molar-refractivity contribution in [3.8, 4) is 5.75 Å². The number of aryl methyl sites for hydroxylation is 2. The number of hydrogen-bond donors (Lipinski definition) is 2. The number of thioether (sulfide) groups is 1. The number of anilines is 2. The molecule has 1 aliphatic rings. The van der Waals surface area contributed by atoms with Gasteiger partial charge in [-0.3, -0.25) is 24.6 Å². The van der Waals surface area contributed by atoms with Gasteiger partial charge in [0.15, 0.2) is 10.3 Å². The molecule has 1 fully saturated rings. The first-order valence-electron chi connectivity index (χ1n) is 12.5. The van der Waals surface area contributed by atoms with Crippen molar-refractivity contribution in [2.24, 2.45) is 5.10 Å². The van der Waals surface area contributed by atoms with E-state index in [4.69, 9.17) is 4.74 Å². The number of nitrogens with zero attached hydrogens (tertiary/aromatic N) is 3. The Balaban J connectivity index is 1.34. The topological polar surface area (TPSA) is 113 Å². The minimum absolute atomic E-state index is 0.243. The van der Waals surface area contributed by atoms with Gasteiger partial charge in [-0.2, -0.15) is 0 Å². The Morgan fingerprint density at radius 3 is 2.34 bits per heavy atom. The van der Waals surface area contributed by atoms with Crippen LogP contribution in [0.3, 0.4) is 0 Å². The summed E-state index contributed by atoms with van der Waals surface area (Å²) in [7, 11) is 1.55. The Morgan fingerprint density at radius 1 is 0.951 bits per heavy atom. The summed E-state index contributed by atoms with van der Waals surface area (Å²) in [5.74, 6) is -0.472. The summed E-state index contributed by atoms with van der Waals surface area (Å²) in [6, 6.07) is 23.6. The molecule has 0 atom stereocenters. The predicted octanol–water partition coefficient (Wildman–Crippen LogP) is 5.84. The minimum Gasteiger partial charge on any atom is -0.497 e. The smallest absolute Gasteiger partial charge is 0.283 e. The Kier molecular flexibility index (Phi) is 8.27. The van der Waals surface area contributed by atoms with Crippen molar-refractivity contribution in [3.63, 3.8) is 0 Å². The number of methoxy groups -OCH3 is 1. The fourth-order valence-corrected chi connectivity index (χ4v) is 5.68. The van der Waals surface area contributed by atoms with Gasteiger partial charge < -0.3 is 4.74 Å². The molecule has 2 N–H and O–H groups in total. The number of nitrogens with one attached hydrogen (secondary N) is 2. The fourth-order valence-electron chi connectivity index (χ4n) is 3.89. The summed E-state index contributed by atoms with van der Waals surface area (Å²) in [5.41, 5.74) is 6.05. The first-order chi connectivity index (χ1) is 19.8. The van der Waals surface area contributed by atoms with E-state index in [0.717, 1.165) is 22.5 Å². The van der Waals surface area contributed by atoms with E-state index >= 15 is 0 Å². The highest BCUT2D eigenvalue weighted by molar-refractivity contribution is 8.19. The highest BCUT2D eigenvalue weighted by atomic mass is 32.2. The Labute approximate surface area is 244 Å².